The maximum atomic E-state index is 11.1. The number of aryl methyl sites for hydroxylation is 1. The summed E-state index contributed by atoms with van der Waals surface area (Å²) in [5, 5.41) is 17.8. The van der Waals surface area contributed by atoms with Crippen molar-refractivity contribution in [2.75, 3.05) is 0 Å². The predicted molar refractivity (Wildman–Crippen MR) is 65.3 cm³/mol. The molecule has 1 unspecified atom stereocenters. The molecule has 0 saturated carbocycles. The highest BCUT2D eigenvalue weighted by atomic mass is 16.4. The summed E-state index contributed by atoms with van der Waals surface area (Å²) in [4.78, 5) is 21.8. The quantitative estimate of drug-likeness (QED) is 0.798. The molecule has 0 heterocycles. The van der Waals surface area contributed by atoms with Crippen LogP contribution in [-0.4, -0.2) is 22.2 Å². The van der Waals surface area contributed by atoms with Crippen molar-refractivity contribution in [3.63, 3.8) is 0 Å². The smallest absolute Gasteiger partial charge is 0.332 e. The van der Waals surface area contributed by atoms with Crippen LogP contribution in [0, 0.1) is 5.92 Å². The van der Waals surface area contributed by atoms with Gasteiger partial charge in [-0.05, 0) is 36.3 Å². The van der Waals surface area contributed by atoms with Gasteiger partial charge < -0.3 is 10.2 Å². The van der Waals surface area contributed by atoms with Crippen molar-refractivity contribution in [1.29, 1.82) is 0 Å². The molecular weight excluding hydrogens is 232 g/mol. The van der Waals surface area contributed by atoms with Crippen molar-refractivity contribution in [2.24, 2.45) is 5.92 Å². The average Bonchev–Trinajstić information content (AvgIpc) is 2.35. The Morgan fingerprint density at radius 1 is 1.17 bits per heavy atom. The van der Waals surface area contributed by atoms with E-state index in [1.807, 2.05) is 24.3 Å². The third kappa shape index (κ3) is 2.59. The van der Waals surface area contributed by atoms with Crippen LogP contribution in [0.1, 0.15) is 17.5 Å². The molecule has 1 aromatic carbocycles. The second-order valence-electron chi connectivity index (χ2n) is 4.45. The van der Waals surface area contributed by atoms with Gasteiger partial charge in [0.25, 0.3) is 0 Å². The molecule has 18 heavy (non-hydrogen) atoms. The van der Waals surface area contributed by atoms with Crippen LogP contribution in [-0.2, 0) is 22.4 Å². The molecule has 2 rings (SSSR count). The Bertz CT molecular complexity index is 516. The first-order valence-electron chi connectivity index (χ1n) is 5.82. The van der Waals surface area contributed by atoms with E-state index in [9.17, 15) is 9.59 Å². The third-order valence-electron chi connectivity index (χ3n) is 3.31. The van der Waals surface area contributed by atoms with E-state index >= 15 is 0 Å². The van der Waals surface area contributed by atoms with Crippen molar-refractivity contribution >= 4 is 11.9 Å². The first kappa shape index (κ1) is 12.4. The van der Waals surface area contributed by atoms with Crippen LogP contribution in [0.15, 0.2) is 35.9 Å². The number of carboxylic acids is 2. The van der Waals surface area contributed by atoms with Crippen LogP contribution in [0.2, 0.25) is 0 Å². The Morgan fingerprint density at radius 3 is 2.44 bits per heavy atom. The summed E-state index contributed by atoms with van der Waals surface area (Å²) in [5.74, 6) is -2.55. The lowest BCUT2D eigenvalue weighted by molar-refractivity contribution is -0.135. The maximum Gasteiger partial charge on any atom is 0.332 e. The fourth-order valence-electron chi connectivity index (χ4n) is 2.45. The van der Waals surface area contributed by atoms with Gasteiger partial charge in [-0.1, -0.05) is 24.3 Å². The van der Waals surface area contributed by atoms with E-state index in [0.29, 0.717) is 12.8 Å². The average molecular weight is 246 g/mol. The lowest BCUT2D eigenvalue weighted by Gasteiger charge is -2.24. The number of aliphatic carboxylic acids is 2. The van der Waals surface area contributed by atoms with E-state index < -0.39 is 11.9 Å². The topological polar surface area (TPSA) is 74.6 Å². The predicted octanol–water partition coefficient (Wildman–Crippen LogP) is 1.89. The number of carboxylic acid groups (broad SMARTS) is 2. The summed E-state index contributed by atoms with van der Waals surface area (Å²) in [6.45, 7) is 0. The van der Waals surface area contributed by atoms with Crippen molar-refractivity contribution in [1.82, 2.24) is 0 Å². The second-order valence-corrected chi connectivity index (χ2v) is 4.45. The van der Waals surface area contributed by atoms with Crippen LogP contribution < -0.4 is 0 Å². The van der Waals surface area contributed by atoms with E-state index in [1.54, 1.807) is 0 Å². The Morgan fingerprint density at radius 2 is 1.83 bits per heavy atom. The van der Waals surface area contributed by atoms with Gasteiger partial charge in [0.2, 0.25) is 0 Å². The van der Waals surface area contributed by atoms with Crippen LogP contribution in [0.4, 0.5) is 0 Å². The molecule has 0 aliphatic heterocycles. The molecule has 2 N–H and O–H groups in total. The third-order valence-corrected chi connectivity index (χ3v) is 3.31. The van der Waals surface area contributed by atoms with Crippen molar-refractivity contribution < 1.29 is 19.8 Å². The van der Waals surface area contributed by atoms with Gasteiger partial charge in [0.1, 0.15) is 0 Å². The summed E-state index contributed by atoms with van der Waals surface area (Å²) in [5.41, 5.74) is 2.34. The number of hydrogen-bond acceptors (Lipinski definition) is 2. The van der Waals surface area contributed by atoms with Gasteiger partial charge in [0.15, 0.2) is 0 Å². The zero-order chi connectivity index (χ0) is 13.1. The number of benzene rings is 1. The molecule has 1 atom stereocenters. The van der Waals surface area contributed by atoms with Crippen LogP contribution >= 0.6 is 0 Å². The summed E-state index contributed by atoms with van der Waals surface area (Å²) >= 11 is 0. The summed E-state index contributed by atoms with van der Waals surface area (Å²) in [7, 11) is 0. The van der Waals surface area contributed by atoms with E-state index in [2.05, 4.69) is 0 Å². The highest BCUT2D eigenvalue weighted by Crippen LogP contribution is 2.30. The van der Waals surface area contributed by atoms with Gasteiger partial charge in [0.05, 0.1) is 0 Å². The molecule has 4 heteroatoms. The maximum absolute atomic E-state index is 11.1. The molecule has 0 fully saturated rings. The van der Waals surface area contributed by atoms with E-state index in [1.165, 1.54) is 5.56 Å². The highest BCUT2D eigenvalue weighted by molar-refractivity contribution is 5.95. The molecule has 0 saturated heterocycles. The summed E-state index contributed by atoms with van der Waals surface area (Å²) in [6, 6.07) is 7.89. The first-order valence-corrected chi connectivity index (χ1v) is 5.82. The Kier molecular flexibility index (Phi) is 3.46. The molecular formula is C14H14O4. The lowest BCUT2D eigenvalue weighted by atomic mass is 9.80. The largest absolute Gasteiger partial charge is 0.478 e. The van der Waals surface area contributed by atoms with E-state index in [4.69, 9.17) is 10.2 Å². The van der Waals surface area contributed by atoms with Crippen molar-refractivity contribution in [3.05, 3.63) is 47.0 Å². The molecule has 1 aromatic rings. The fourth-order valence-corrected chi connectivity index (χ4v) is 2.45. The summed E-state index contributed by atoms with van der Waals surface area (Å²) < 4.78 is 0. The minimum atomic E-state index is -1.20. The standard InChI is InChI=1S/C14H14O4/c15-13(16)8-12(14(17)18)11-6-5-9-3-1-2-4-10(9)7-11/h1-4,8,11H,5-7H2,(H,15,16)(H,17,18)/b12-8-. The number of fused-ring (bicyclic) bond motifs is 1. The minimum absolute atomic E-state index is 0.00277. The van der Waals surface area contributed by atoms with Gasteiger partial charge >= 0.3 is 11.9 Å². The molecule has 1 aliphatic rings. The van der Waals surface area contributed by atoms with Crippen LogP contribution in [0.25, 0.3) is 0 Å². The number of carbonyl (C=O) groups is 2. The van der Waals surface area contributed by atoms with Crippen molar-refractivity contribution in [3.8, 4) is 0 Å². The summed E-state index contributed by atoms with van der Waals surface area (Å²) in [6.07, 6.45) is 2.90. The van der Waals surface area contributed by atoms with Gasteiger partial charge in [-0.15, -0.1) is 0 Å². The monoisotopic (exact) mass is 246 g/mol. The van der Waals surface area contributed by atoms with E-state index in [-0.39, 0.29) is 11.5 Å². The molecule has 0 radical (unpaired) electrons. The normalized spacial score (nSPS) is 19.1. The Hall–Kier alpha value is -2.10. The SMILES string of the molecule is O=C(O)/C=C(\C(=O)O)C1CCc2ccccc2C1. The molecule has 94 valence electrons. The zero-order valence-electron chi connectivity index (χ0n) is 9.80. The highest BCUT2D eigenvalue weighted by Gasteiger charge is 2.26. The van der Waals surface area contributed by atoms with Gasteiger partial charge in [-0.3, -0.25) is 0 Å². The first-order chi connectivity index (χ1) is 8.58. The molecule has 0 bridgehead atoms. The zero-order valence-corrected chi connectivity index (χ0v) is 9.80. The Labute approximate surface area is 105 Å². The fraction of sp³-hybridized carbons (Fsp3) is 0.286. The van der Waals surface area contributed by atoms with E-state index in [0.717, 1.165) is 18.1 Å². The van der Waals surface area contributed by atoms with Crippen molar-refractivity contribution in [2.45, 2.75) is 19.3 Å². The molecule has 0 amide bonds. The molecule has 1 aliphatic carbocycles. The number of rotatable bonds is 3. The van der Waals surface area contributed by atoms with Crippen LogP contribution in [0.5, 0.6) is 0 Å². The minimum Gasteiger partial charge on any atom is -0.478 e. The van der Waals surface area contributed by atoms with Crippen LogP contribution in [0.3, 0.4) is 0 Å². The van der Waals surface area contributed by atoms with Gasteiger partial charge in [-0.2, -0.15) is 0 Å². The Balaban J connectivity index is 2.26. The van der Waals surface area contributed by atoms with Gasteiger partial charge in [0, 0.05) is 11.6 Å². The molecule has 4 nitrogen and oxygen atoms in total. The second kappa shape index (κ2) is 5.04. The lowest BCUT2D eigenvalue weighted by Crippen LogP contribution is -2.21. The van der Waals surface area contributed by atoms with Gasteiger partial charge in [-0.25, -0.2) is 9.59 Å². The molecule has 0 aromatic heterocycles. The molecule has 0 spiro atoms. The number of hydrogen-bond donors (Lipinski definition) is 2.